The van der Waals surface area contributed by atoms with E-state index in [1.807, 2.05) is 0 Å². The maximum absolute atomic E-state index is 4.84. The Morgan fingerprint density at radius 1 is 1.50 bits per heavy atom. The first-order chi connectivity index (χ1) is 4.97. The first-order valence-corrected chi connectivity index (χ1v) is 3.33. The third-order valence-electron chi connectivity index (χ3n) is 0.913. The minimum atomic E-state index is 0.362. The van der Waals surface area contributed by atoms with Crippen LogP contribution in [0.5, 0.6) is 0 Å². The quantitative estimate of drug-likeness (QED) is 0.601. The largest absolute Gasteiger partial charge is 0.421 e. The van der Waals surface area contributed by atoms with Gasteiger partial charge in [0.05, 0.1) is 0 Å². The Bertz CT molecular complexity index is 257. The van der Waals surface area contributed by atoms with Gasteiger partial charge in [0, 0.05) is 0 Å². The molecule has 50 valence electrons. The van der Waals surface area contributed by atoms with E-state index in [9.17, 15) is 0 Å². The Morgan fingerprint density at radius 2 is 2.50 bits per heavy atom. The smallest absolute Gasteiger partial charge is 0.286 e. The molecule has 0 amide bonds. The van der Waals surface area contributed by atoms with Crippen LogP contribution in [0.4, 0.5) is 0 Å². The van der Waals surface area contributed by atoms with Crippen LogP contribution in [0.15, 0.2) is 16.3 Å². The zero-order chi connectivity index (χ0) is 6.81. The van der Waals surface area contributed by atoms with E-state index in [0.717, 1.165) is 0 Å². The van der Waals surface area contributed by atoms with Crippen LogP contribution in [0.25, 0.3) is 11.7 Å². The monoisotopic (exact) mass is 154 g/mol. The zero-order valence-corrected chi connectivity index (χ0v) is 5.58. The summed E-state index contributed by atoms with van der Waals surface area (Å²) in [5.41, 5.74) is 1.61. The summed E-state index contributed by atoms with van der Waals surface area (Å²) in [5, 5.41) is 7.11. The van der Waals surface area contributed by atoms with Crippen LogP contribution in [-0.4, -0.2) is 19.6 Å². The number of nitrogens with zero attached hydrogens (tertiary/aromatic N) is 4. The Labute approximate surface area is 59.9 Å². The van der Waals surface area contributed by atoms with Crippen LogP contribution in [0.1, 0.15) is 0 Å². The minimum absolute atomic E-state index is 0.362. The first kappa shape index (κ1) is 5.48. The van der Waals surface area contributed by atoms with Gasteiger partial charge in [-0.3, -0.25) is 0 Å². The number of aromatic nitrogens is 4. The van der Waals surface area contributed by atoms with Crippen LogP contribution >= 0.6 is 11.5 Å². The normalized spacial score (nSPS) is 10.0. The Kier molecular flexibility index (Phi) is 1.17. The van der Waals surface area contributed by atoms with Gasteiger partial charge in [-0.2, -0.15) is 4.37 Å². The second kappa shape index (κ2) is 2.14. The van der Waals surface area contributed by atoms with E-state index in [1.54, 1.807) is 5.51 Å². The summed E-state index contributed by atoms with van der Waals surface area (Å²) in [4.78, 5) is 3.87. The summed E-state index contributed by atoms with van der Waals surface area (Å²) in [7, 11) is 0. The maximum atomic E-state index is 4.84. The lowest BCUT2D eigenvalue weighted by molar-refractivity contribution is 0.565. The summed E-state index contributed by atoms with van der Waals surface area (Å²) < 4.78 is 8.73. The van der Waals surface area contributed by atoms with Gasteiger partial charge in [0.15, 0.2) is 0 Å². The molecule has 6 heteroatoms. The average Bonchev–Trinajstić information content (AvgIpc) is 2.59. The average molecular weight is 154 g/mol. The molecule has 0 saturated heterocycles. The third kappa shape index (κ3) is 0.781. The Balaban J connectivity index is 2.48. The van der Waals surface area contributed by atoms with Crippen molar-refractivity contribution in [2.24, 2.45) is 0 Å². The fourth-order valence-corrected chi connectivity index (χ4v) is 0.955. The van der Waals surface area contributed by atoms with Gasteiger partial charge in [-0.25, -0.2) is 4.98 Å². The highest BCUT2D eigenvalue weighted by Crippen LogP contribution is 2.09. The van der Waals surface area contributed by atoms with E-state index < -0.39 is 0 Å². The lowest BCUT2D eigenvalue weighted by Gasteiger charge is -1.78. The molecule has 2 heterocycles. The van der Waals surface area contributed by atoms with Crippen molar-refractivity contribution >= 4 is 11.5 Å². The van der Waals surface area contributed by atoms with E-state index in [4.69, 9.17) is 4.42 Å². The van der Waals surface area contributed by atoms with Gasteiger partial charge in [0.1, 0.15) is 5.51 Å². The molecule has 0 N–H and O–H groups in total. The van der Waals surface area contributed by atoms with E-state index in [-0.39, 0.29) is 0 Å². The van der Waals surface area contributed by atoms with Crippen molar-refractivity contribution in [1.82, 2.24) is 19.6 Å². The highest BCUT2D eigenvalue weighted by molar-refractivity contribution is 7.03. The molecule has 0 aliphatic heterocycles. The molecular formula is C4H2N4OS. The molecule has 5 nitrogen and oxygen atoms in total. The van der Waals surface area contributed by atoms with Crippen molar-refractivity contribution < 1.29 is 4.42 Å². The van der Waals surface area contributed by atoms with Gasteiger partial charge in [0.2, 0.25) is 12.2 Å². The molecule has 0 saturated carbocycles. The SMILES string of the molecule is c1nnc(-c2ncsn2)o1. The third-order valence-corrected chi connectivity index (χ3v) is 1.39. The predicted octanol–water partition coefficient (Wildman–Crippen LogP) is 0.588. The molecule has 0 aliphatic rings. The van der Waals surface area contributed by atoms with E-state index in [2.05, 4.69) is 19.6 Å². The lowest BCUT2D eigenvalue weighted by atomic mass is 10.6. The second-order valence-electron chi connectivity index (χ2n) is 1.50. The van der Waals surface area contributed by atoms with Crippen molar-refractivity contribution in [2.45, 2.75) is 0 Å². The second-order valence-corrected chi connectivity index (χ2v) is 2.10. The van der Waals surface area contributed by atoms with Gasteiger partial charge in [-0.05, 0) is 11.5 Å². The number of hydrogen-bond donors (Lipinski definition) is 0. The zero-order valence-electron chi connectivity index (χ0n) is 4.76. The first-order valence-electron chi connectivity index (χ1n) is 2.50. The highest BCUT2D eigenvalue weighted by Gasteiger charge is 2.05. The molecule has 0 fully saturated rings. The topological polar surface area (TPSA) is 64.7 Å². The molecule has 2 aromatic heterocycles. The molecule has 0 radical (unpaired) electrons. The molecule has 0 atom stereocenters. The van der Waals surface area contributed by atoms with Crippen LogP contribution < -0.4 is 0 Å². The molecule has 10 heavy (non-hydrogen) atoms. The van der Waals surface area contributed by atoms with Crippen molar-refractivity contribution in [1.29, 1.82) is 0 Å². The highest BCUT2D eigenvalue weighted by atomic mass is 32.1. The van der Waals surface area contributed by atoms with Gasteiger partial charge < -0.3 is 4.42 Å². The lowest BCUT2D eigenvalue weighted by Crippen LogP contribution is -1.78. The van der Waals surface area contributed by atoms with Crippen molar-refractivity contribution in [2.75, 3.05) is 0 Å². The van der Waals surface area contributed by atoms with Crippen LogP contribution in [0.3, 0.4) is 0 Å². The molecular weight excluding hydrogens is 152 g/mol. The predicted molar refractivity (Wildman–Crippen MR) is 33.2 cm³/mol. The fourth-order valence-electron chi connectivity index (χ4n) is 0.535. The van der Waals surface area contributed by atoms with E-state index in [0.29, 0.717) is 11.7 Å². The Morgan fingerprint density at radius 3 is 3.10 bits per heavy atom. The van der Waals surface area contributed by atoms with Crippen molar-refractivity contribution in [3.63, 3.8) is 0 Å². The van der Waals surface area contributed by atoms with E-state index in [1.165, 1.54) is 17.9 Å². The van der Waals surface area contributed by atoms with Crippen LogP contribution in [0.2, 0.25) is 0 Å². The van der Waals surface area contributed by atoms with Crippen LogP contribution in [0, 0.1) is 0 Å². The summed E-state index contributed by atoms with van der Waals surface area (Å²) in [6, 6.07) is 0. The molecule has 0 spiro atoms. The molecule has 0 unspecified atom stereocenters. The number of hydrogen-bond acceptors (Lipinski definition) is 6. The van der Waals surface area contributed by atoms with Crippen LogP contribution in [-0.2, 0) is 0 Å². The Hall–Kier alpha value is -1.30. The van der Waals surface area contributed by atoms with Gasteiger partial charge in [-0.15, -0.1) is 10.2 Å². The maximum Gasteiger partial charge on any atom is 0.286 e. The fraction of sp³-hybridized carbons (Fsp3) is 0. The van der Waals surface area contributed by atoms with Gasteiger partial charge in [0.25, 0.3) is 5.89 Å². The van der Waals surface area contributed by atoms with Gasteiger partial charge in [-0.1, -0.05) is 0 Å². The van der Waals surface area contributed by atoms with E-state index >= 15 is 0 Å². The van der Waals surface area contributed by atoms with Gasteiger partial charge >= 0.3 is 0 Å². The molecule has 0 aliphatic carbocycles. The molecule has 0 bridgehead atoms. The molecule has 0 aromatic carbocycles. The molecule has 2 rings (SSSR count). The summed E-state index contributed by atoms with van der Waals surface area (Å²) >= 11 is 1.25. The summed E-state index contributed by atoms with van der Waals surface area (Å²) in [5.74, 6) is 0.851. The number of rotatable bonds is 1. The standard InChI is InChI=1S/C4H2N4OS/c1-6-7-4(9-1)3-5-2-10-8-3/h1-2H. The van der Waals surface area contributed by atoms with Crippen molar-refractivity contribution in [3.05, 3.63) is 11.9 Å². The summed E-state index contributed by atoms with van der Waals surface area (Å²) in [6.45, 7) is 0. The minimum Gasteiger partial charge on any atom is -0.421 e. The molecule has 2 aromatic rings. The van der Waals surface area contributed by atoms with Crippen molar-refractivity contribution in [3.8, 4) is 11.7 Å². The summed E-state index contributed by atoms with van der Waals surface area (Å²) in [6.07, 6.45) is 1.25.